The predicted molar refractivity (Wildman–Crippen MR) is 157 cm³/mol. The zero-order chi connectivity index (χ0) is 29.4. The molecule has 1 N–H and O–H groups in total. The quantitative estimate of drug-likeness (QED) is 0.257. The Labute approximate surface area is 244 Å². The monoisotopic (exact) mass is 607 g/mol. The molecule has 3 aromatic rings. The first kappa shape index (κ1) is 31.4. The van der Waals surface area contributed by atoms with Crippen LogP contribution >= 0.6 is 23.2 Å². The minimum absolute atomic E-state index is 0.111. The van der Waals surface area contributed by atoms with E-state index in [0.29, 0.717) is 12.1 Å². The number of sulfonamides is 1. The highest BCUT2D eigenvalue weighted by Crippen LogP contribution is 2.29. The molecule has 0 saturated carbocycles. The molecule has 7 nitrogen and oxygen atoms in total. The van der Waals surface area contributed by atoms with Crippen LogP contribution in [0.25, 0.3) is 0 Å². The summed E-state index contributed by atoms with van der Waals surface area (Å²) in [7, 11) is -4.38. The molecule has 11 heteroatoms. The third kappa shape index (κ3) is 7.53. The summed E-state index contributed by atoms with van der Waals surface area (Å²) in [6.07, 6.45) is 1.61. The number of para-hydroxylation sites is 1. The van der Waals surface area contributed by atoms with Gasteiger partial charge in [0.2, 0.25) is 11.8 Å². The number of carbonyl (C=O) groups is 2. The SMILES string of the molecule is CCCCNC(=O)[C@@H](C)N(Cc1c(Cl)cccc1Cl)C(=O)CN(c1ccccc1F)S(=O)(=O)c1ccc(C)cc1. The first-order valence-electron chi connectivity index (χ1n) is 12.8. The molecular formula is C29H32Cl2FN3O4S. The maximum absolute atomic E-state index is 15.0. The minimum Gasteiger partial charge on any atom is -0.354 e. The van der Waals surface area contributed by atoms with Crippen LogP contribution in [0.3, 0.4) is 0 Å². The number of aryl methyl sites for hydroxylation is 1. The molecule has 0 radical (unpaired) electrons. The fourth-order valence-corrected chi connectivity index (χ4v) is 5.92. The standard InChI is InChI=1S/C29H32Cl2FN3O4S/c1-4-5-17-33-29(37)21(3)34(18-23-24(30)9-8-10-25(23)31)28(36)19-35(27-12-7-6-11-26(27)32)40(38,39)22-15-13-20(2)14-16-22/h6-16,21H,4-5,17-19H2,1-3H3,(H,33,37)/t21-/m1/s1. The van der Waals surface area contributed by atoms with E-state index in [0.717, 1.165) is 28.8 Å². The molecule has 3 rings (SSSR count). The Balaban J connectivity index is 2.05. The lowest BCUT2D eigenvalue weighted by atomic mass is 10.1. The van der Waals surface area contributed by atoms with Crippen molar-refractivity contribution in [1.29, 1.82) is 0 Å². The van der Waals surface area contributed by atoms with Crippen LogP contribution in [0.2, 0.25) is 10.0 Å². The maximum Gasteiger partial charge on any atom is 0.264 e. The largest absolute Gasteiger partial charge is 0.354 e. The van der Waals surface area contributed by atoms with E-state index in [1.54, 1.807) is 37.3 Å². The lowest BCUT2D eigenvalue weighted by molar-refractivity contribution is -0.139. The summed E-state index contributed by atoms with van der Waals surface area (Å²) in [4.78, 5) is 28.0. The van der Waals surface area contributed by atoms with Gasteiger partial charge in [0, 0.05) is 28.7 Å². The van der Waals surface area contributed by atoms with Crippen molar-refractivity contribution >= 4 is 50.7 Å². The number of nitrogens with one attached hydrogen (secondary N) is 1. The summed E-state index contributed by atoms with van der Waals surface area (Å²) in [6.45, 7) is 4.79. The van der Waals surface area contributed by atoms with Gasteiger partial charge in [0.25, 0.3) is 10.0 Å². The first-order valence-corrected chi connectivity index (χ1v) is 15.0. The number of rotatable bonds is 12. The molecule has 0 aliphatic rings. The fraction of sp³-hybridized carbons (Fsp3) is 0.310. The van der Waals surface area contributed by atoms with Crippen LogP contribution < -0.4 is 9.62 Å². The smallest absolute Gasteiger partial charge is 0.264 e. The van der Waals surface area contributed by atoms with Crippen molar-refractivity contribution in [2.24, 2.45) is 0 Å². The van der Waals surface area contributed by atoms with Gasteiger partial charge in [-0.1, -0.05) is 72.4 Å². The molecule has 3 aromatic carbocycles. The highest BCUT2D eigenvalue weighted by molar-refractivity contribution is 7.92. The third-order valence-electron chi connectivity index (χ3n) is 6.40. The summed E-state index contributed by atoms with van der Waals surface area (Å²) in [5.74, 6) is -1.99. The number of carbonyl (C=O) groups excluding carboxylic acids is 2. The Bertz CT molecular complexity index is 1430. The number of halogens is 3. The van der Waals surface area contributed by atoms with Crippen LogP contribution in [0.5, 0.6) is 0 Å². The van der Waals surface area contributed by atoms with Crippen LogP contribution in [0.1, 0.15) is 37.8 Å². The van der Waals surface area contributed by atoms with Gasteiger partial charge in [-0.15, -0.1) is 0 Å². The molecule has 214 valence electrons. The van der Waals surface area contributed by atoms with Crippen LogP contribution in [-0.4, -0.2) is 44.3 Å². The molecule has 0 bridgehead atoms. The molecule has 1 atom stereocenters. The van der Waals surface area contributed by atoms with Crippen molar-refractivity contribution in [2.45, 2.75) is 51.1 Å². The Morgan fingerprint density at radius 2 is 1.60 bits per heavy atom. The summed E-state index contributed by atoms with van der Waals surface area (Å²) >= 11 is 12.7. The molecule has 0 aromatic heterocycles. The molecular weight excluding hydrogens is 576 g/mol. The van der Waals surface area contributed by atoms with E-state index in [1.165, 1.54) is 42.2 Å². The molecule has 0 fully saturated rings. The van der Waals surface area contributed by atoms with E-state index in [9.17, 15) is 22.4 Å². The van der Waals surface area contributed by atoms with Crippen molar-refractivity contribution in [2.75, 3.05) is 17.4 Å². The van der Waals surface area contributed by atoms with E-state index in [2.05, 4.69) is 5.32 Å². The number of unbranched alkanes of at least 4 members (excludes halogenated alkanes) is 1. The highest BCUT2D eigenvalue weighted by atomic mass is 35.5. The molecule has 0 unspecified atom stereocenters. The van der Waals surface area contributed by atoms with Gasteiger partial charge in [0.1, 0.15) is 18.4 Å². The Morgan fingerprint density at radius 3 is 2.20 bits per heavy atom. The maximum atomic E-state index is 15.0. The Morgan fingerprint density at radius 1 is 0.975 bits per heavy atom. The second kappa shape index (κ2) is 14.0. The average molecular weight is 609 g/mol. The van der Waals surface area contributed by atoms with Crippen molar-refractivity contribution in [1.82, 2.24) is 10.2 Å². The van der Waals surface area contributed by atoms with Crippen molar-refractivity contribution in [3.05, 3.63) is 93.7 Å². The normalized spacial score (nSPS) is 12.1. The third-order valence-corrected chi connectivity index (χ3v) is 8.88. The van der Waals surface area contributed by atoms with Crippen LogP contribution in [0.4, 0.5) is 10.1 Å². The summed E-state index contributed by atoms with van der Waals surface area (Å²) < 4.78 is 43.2. The van der Waals surface area contributed by atoms with Gasteiger partial charge in [-0.3, -0.25) is 13.9 Å². The Hall–Kier alpha value is -3.14. The van der Waals surface area contributed by atoms with Gasteiger partial charge in [-0.2, -0.15) is 0 Å². The van der Waals surface area contributed by atoms with Gasteiger partial charge in [-0.25, -0.2) is 12.8 Å². The second-order valence-electron chi connectivity index (χ2n) is 9.32. The lowest BCUT2D eigenvalue weighted by Gasteiger charge is -2.32. The van der Waals surface area contributed by atoms with Crippen LogP contribution in [-0.2, 0) is 26.2 Å². The molecule has 0 aliphatic carbocycles. The first-order chi connectivity index (χ1) is 19.0. The zero-order valence-electron chi connectivity index (χ0n) is 22.5. The van der Waals surface area contributed by atoms with E-state index >= 15 is 0 Å². The van der Waals surface area contributed by atoms with Crippen molar-refractivity contribution < 1.29 is 22.4 Å². The molecule has 2 amide bonds. The summed E-state index contributed by atoms with van der Waals surface area (Å²) in [5.41, 5.74) is 0.927. The van der Waals surface area contributed by atoms with Gasteiger partial charge in [0.15, 0.2) is 0 Å². The van der Waals surface area contributed by atoms with E-state index in [4.69, 9.17) is 23.2 Å². The number of anilines is 1. The van der Waals surface area contributed by atoms with Crippen molar-refractivity contribution in [3.63, 3.8) is 0 Å². The van der Waals surface area contributed by atoms with E-state index in [-0.39, 0.29) is 27.2 Å². The lowest BCUT2D eigenvalue weighted by Crippen LogP contribution is -2.51. The summed E-state index contributed by atoms with van der Waals surface area (Å²) in [5, 5.41) is 3.36. The molecule has 0 aliphatic heterocycles. The number of hydrogen-bond acceptors (Lipinski definition) is 4. The molecule has 0 spiro atoms. The zero-order valence-corrected chi connectivity index (χ0v) is 24.9. The van der Waals surface area contributed by atoms with E-state index < -0.39 is 40.2 Å². The second-order valence-corrected chi connectivity index (χ2v) is 12.0. The molecule has 0 heterocycles. The summed E-state index contributed by atoms with van der Waals surface area (Å²) in [6, 6.07) is 15.2. The highest BCUT2D eigenvalue weighted by Gasteiger charge is 2.34. The number of amides is 2. The number of benzene rings is 3. The van der Waals surface area contributed by atoms with Crippen LogP contribution in [0, 0.1) is 12.7 Å². The molecule has 40 heavy (non-hydrogen) atoms. The predicted octanol–water partition coefficient (Wildman–Crippen LogP) is 5.97. The van der Waals surface area contributed by atoms with E-state index in [1.807, 2.05) is 6.92 Å². The van der Waals surface area contributed by atoms with Crippen molar-refractivity contribution in [3.8, 4) is 0 Å². The topological polar surface area (TPSA) is 86.8 Å². The fourth-order valence-electron chi connectivity index (χ4n) is 3.98. The van der Waals surface area contributed by atoms with Crippen LogP contribution in [0.15, 0.2) is 71.6 Å². The number of hydrogen-bond donors (Lipinski definition) is 1. The molecule has 0 saturated heterocycles. The van der Waals surface area contributed by atoms with Gasteiger partial charge in [-0.05, 0) is 56.7 Å². The van der Waals surface area contributed by atoms with Gasteiger partial charge < -0.3 is 10.2 Å². The van der Waals surface area contributed by atoms with Gasteiger partial charge >= 0.3 is 0 Å². The Kier molecular flexibility index (Phi) is 11.0. The van der Waals surface area contributed by atoms with Gasteiger partial charge in [0.05, 0.1) is 10.6 Å². The number of nitrogens with zero attached hydrogens (tertiary/aromatic N) is 2. The average Bonchev–Trinajstić information content (AvgIpc) is 2.92. The minimum atomic E-state index is -4.38.